The second-order valence-electron chi connectivity index (χ2n) is 12.2. The number of hydrogen-bond donors (Lipinski definition) is 1. The van der Waals surface area contributed by atoms with Crippen molar-refractivity contribution in [2.24, 2.45) is 5.92 Å². The highest BCUT2D eigenvalue weighted by Gasteiger charge is 2.33. The van der Waals surface area contributed by atoms with E-state index in [1.165, 1.54) is 6.42 Å². The van der Waals surface area contributed by atoms with Gasteiger partial charge in [0.15, 0.2) is 0 Å². The minimum atomic E-state index is -0.791. The van der Waals surface area contributed by atoms with Gasteiger partial charge < -0.3 is 19.7 Å². The Morgan fingerprint density at radius 1 is 0.925 bits per heavy atom. The van der Waals surface area contributed by atoms with E-state index in [0.29, 0.717) is 5.92 Å². The van der Waals surface area contributed by atoms with Crippen LogP contribution in [0.25, 0.3) is 11.1 Å². The molecule has 0 unspecified atom stereocenters. The summed E-state index contributed by atoms with van der Waals surface area (Å²) >= 11 is 0. The topological polar surface area (TPSA) is 84.9 Å². The van der Waals surface area contributed by atoms with E-state index in [0.717, 1.165) is 47.9 Å². The second kappa shape index (κ2) is 12.9. The number of ether oxygens (including phenoxy) is 2. The summed E-state index contributed by atoms with van der Waals surface area (Å²) < 4.78 is 11.2. The fourth-order valence-corrected chi connectivity index (χ4v) is 6.12. The number of alkyl carbamates (subject to hydrolysis) is 1. The molecule has 0 radical (unpaired) electrons. The Balaban J connectivity index is 1.38. The first-order valence-corrected chi connectivity index (χ1v) is 14.7. The van der Waals surface area contributed by atoms with Crippen LogP contribution in [-0.2, 0) is 19.1 Å². The fraction of sp³-hybridized carbons (Fsp3) is 0.545. The monoisotopic (exact) mass is 548 g/mol. The molecule has 2 aromatic rings. The number of carbonyl (C=O) groups is 3. The molecule has 0 heterocycles. The van der Waals surface area contributed by atoms with Crippen molar-refractivity contribution in [3.05, 3.63) is 59.7 Å². The van der Waals surface area contributed by atoms with Gasteiger partial charge in [-0.3, -0.25) is 9.59 Å². The van der Waals surface area contributed by atoms with Gasteiger partial charge in [-0.1, -0.05) is 67.8 Å². The lowest BCUT2D eigenvalue weighted by atomic mass is 9.83. The van der Waals surface area contributed by atoms with Crippen molar-refractivity contribution < 1.29 is 23.9 Å². The first-order chi connectivity index (χ1) is 19.0. The summed E-state index contributed by atoms with van der Waals surface area (Å²) in [6.07, 6.45) is 5.12. The SMILES string of the molecule is C[C@H](NC(=O)OCC1c2ccccc2-c2ccccc21)C(=O)N(CCC(=O)OC(C)(C)C)[C@@H](C)C1CCCCC1. The summed E-state index contributed by atoms with van der Waals surface area (Å²) in [7, 11) is 0. The molecule has 0 spiro atoms. The molecular formula is C33H44N2O5. The maximum absolute atomic E-state index is 13.7. The van der Waals surface area contributed by atoms with Crippen molar-refractivity contribution in [2.75, 3.05) is 13.2 Å². The Morgan fingerprint density at radius 2 is 1.50 bits per heavy atom. The Bertz CT molecular complexity index is 1150. The number of fused-ring (bicyclic) bond motifs is 3. The summed E-state index contributed by atoms with van der Waals surface area (Å²) in [4.78, 5) is 40.8. The van der Waals surface area contributed by atoms with Gasteiger partial charge in [-0.25, -0.2) is 4.79 Å². The normalized spacial score (nSPS) is 16.8. The number of nitrogens with zero attached hydrogens (tertiary/aromatic N) is 1. The molecule has 7 heteroatoms. The zero-order valence-corrected chi connectivity index (χ0v) is 24.6. The largest absolute Gasteiger partial charge is 0.460 e. The average molecular weight is 549 g/mol. The van der Waals surface area contributed by atoms with Crippen molar-refractivity contribution in [2.45, 2.75) is 96.7 Å². The fourth-order valence-electron chi connectivity index (χ4n) is 6.12. The molecule has 1 saturated carbocycles. The lowest BCUT2D eigenvalue weighted by Gasteiger charge is -2.38. The van der Waals surface area contributed by atoms with Crippen LogP contribution in [0.3, 0.4) is 0 Å². The molecule has 40 heavy (non-hydrogen) atoms. The van der Waals surface area contributed by atoms with Gasteiger partial charge in [0, 0.05) is 18.5 Å². The van der Waals surface area contributed by atoms with Gasteiger partial charge in [0.1, 0.15) is 18.2 Å². The lowest BCUT2D eigenvalue weighted by Crippen LogP contribution is -2.52. The van der Waals surface area contributed by atoms with Crippen molar-refractivity contribution in [3.63, 3.8) is 0 Å². The van der Waals surface area contributed by atoms with Crippen molar-refractivity contribution in [1.82, 2.24) is 10.2 Å². The molecule has 1 N–H and O–H groups in total. The molecule has 4 rings (SSSR count). The number of hydrogen-bond acceptors (Lipinski definition) is 5. The molecule has 2 amide bonds. The third kappa shape index (κ3) is 7.23. The molecule has 0 saturated heterocycles. The minimum Gasteiger partial charge on any atom is -0.460 e. The number of rotatable bonds is 9. The van der Waals surface area contributed by atoms with Crippen molar-refractivity contribution in [1.29, 1.82) is 0 Å². The lowest BCUT2D eigenvalue weighted by molar-refractivity contribution is -0.155. The summed E-state index contributed by atoms with van der Waals surface area (Å²) in [5.74, 6) is -0.229. The van der Waals surface area contributed by atoms with E-state index < -0.39 is 17.7 Å². The summed E-state index contributed by atoms with van der Waals surface area (Å²) in [5, 5.41) is 2.75. The Hall–Kier alpha value is -3.35. The standard InChI is InChI=1S/C33H44N2O5/c1-22(31(37)35(20-19-30(36)40-33(3,4)5)23(2)24-13-7-6-8-14-24)34-32(38)39-21-29-27-17-11-9-15-25(27)26-16-10-12-18-28(26)29/h9-12,15-18,22-24,29H,6-8,13-14,19-21H2,1-5H3,(H,34,38)/t22-,23-/m0/s1. The Morgan fingerprint density at radius 3 is 2.08 bits per heavy atom. The van der Waals surface area contributed by atoms with Crippen LogP contribution < -0.4 is 5.32 Å². The summed E-state index contributed by atoms with van der Waals surface area (Å²) in [5.41, 5.74) is 4.01. The van der Waals surface area contributed by atoms with Crippen LogP contribution in [0.15, 0.2) is 48.5 Å². The summed E-state index contributed by atoms with van der Waals surface area (Å²) in [6, 6.07) is 15.5. The van der Waals surface area contributed by atoms with Crippen LogP contribution in [0.2, 0.25) is 0 Å². The quantitative estimate of drug-likeness (QED) is 0.365. The van der Waals surface area contributed by atoms with Crippen LogP contribution in [0, 0.1) is 5.92 Å². The molecule has 2 atom stereocenters. The third-order valence-electron chi connectivity index (χ3n) is 8.13. The molecule has 1 fully saturated rings. The highest BCUT2D eigenvalue weighted by molar-refractivity contribution is 5.86. The molecule has 0 aromatic heterocycles. The zero-order chi connectivity index (χ0) is 28.9. The summed E-state index contributed by atoms with van der Waals surface area (Å²) in [6.45, 7) is 9.67. The van der Waals surface area contributed by atoms with Crippen LogP contribution >= 0.6 is 0 Å². The molecule has 2 aliphatic carbocycles. The van der Waals surface area contributed by atoms with E-state index in [2.05, 4.69) is 36.5 Å². The number of amides is 2. The smallest absolute Gasteiger partial charge is 0.407 e. The number of nitrogens with one attached hydrogen (secondary N) is 1. The van der Waals surface area contributed by atoms with Gasteiger partial charge in [-0.2, -0.15) is 0 Å². The first-order valence-electron chi connectivity index (χ1n) is 14.7. The number of carbonyl (C=O) groups excluding carboxylic acids is 3. The average Bonchev–Trinajstić information content (AvgIpc) is 3.25. The molecule has 7 nitrogen and oxygen atoms in total. The van der Waals surface area contributed by atoms with Gasteiger partial charge >= 0.3 is 12.1 Å². The van der Waals surface area contributed by atoms with Gasteiger partial charge in [-0.15, -0.1) is 0 Å². The maximum Gasteiger partial charge on any atom is 0.407 e. The van der Waals surface area contributed by atoms with Crippen molar-refractivity contribution in [3.8, 4) is 11.1 Å². The van der Waals surface area contributed by atoms with Gasteiger partial charge in [0.05, 0.1) is 6.42 Å². The second-order valence-corrected chi connectivity index (χ2v) is 12.2. The third-order valence-corrected chi connectivity index (χ3v) is 8.13. The van der Waals surface area contributed by atoms with E-state index in [1.807, 2.05) is 45.0 Å². The van der Waals surface area contributed by atoms with Crippen molar-refractivity contribution >= 4 is 18.0 Å². The van der Waals surface area contributed by atoms with Gasteiger partial charge in [0.25, 0.3) is 0 Å². The molecule has 0 aliphatic heterocycles. The van der Waals surface area contributed by atoms with Gasteiger partial charge in [-0.05, 0) is 75.6 Å². The van der Waals surface area contributed by atoms with E-state index in [1.54, 1.807) is 11.8 Å². The van der Waals surface area contributed by atoms with Crippen LogP contribution in [0.1, 0.15) is 90.2 Å². The van der Waals surface area contributed by atoms with E-state index in [4.69, 9.17) is 9.47 Å². The Kier molecular flexibility index (Phi) is 9.54. The molecular weight excluding hydrogens is 504 g/mol. The van der Waals surface area contributed by atoms with Crippen LogP contribution in [0.4, 0.5) is 4.79 Å². The van der Waals surface area contributed by atoms with E-state index >= 15 is 0 Å². The van der Waals surface area contributed by atoms with E-state index in [-0.39, 0.29) is 43.4 Å². The van der Waals surface area contributed by atoms with Crippen LogP contribution in [0.5, 0.6) is 0 Å². The number of esters is 1. The maximum atomic E-state index is 13.7. The first kappa shape index (κ1) is 29.6. The molecule has 2 aliphatic rings. The number of benzene rings is 2. The minimum absolute atomic E-state index is 0.0398. The molecule has 216 valence electrons. The van der Waals surface area contributed by atoms with E-state index in [9.17, 15) is 14.4 Å². The van der Waals surface area contributed by atoms with Crippen LogP contribution in [-0.4, -0.2) is 53.7 Å². The predicted octanol–water partition coefficient (Wildman–Crippen LogP) is 6.44. The Labute approximate surface area is 238 Å². The highest BCUT2D eigenvalue weighted by Crippen LogP contribution is 2.44. The predicted molar refractivity (Wildman–Crippen MR) is 156 cm³/mol. The van der Waals surface area contributed by atoms with Gasteiger partial charge in [0.2, 0.25) is 5.91 Å². The highest BCUT2D eigenvalue weighted by atomic mass is 16.6. The molecule has 2 aromatic carbocycles. The zero-order valence-electron chi connectivity index (χ0n) is 24.6. The molecule has 0 bridgehead atoms.